The number of carbonyl (C=O) groups is 2. The molecule has 0 aliphatic heterocycles. The second-order valence-corrected chi connectivity index (χ2v) is 11.8. The molecule has 0 bridgehead atoms. The largest absolute Gasteiger partial charge is 0.478 e. The number of carboxylic acids is 1. The number of hydrogen-bond acceptors (Lipinski definition) is 5. The van der Waals surface area contributed by atoms with Crippen molar-refractivity contribution < 1.29 is 29.6 Å². The second kappa shape index (κ2) is 12.7. The second-order valence-electron chi connectivity index (χ2n) is 11.8. The summed E-state index contributed by atoms with van der Waals surface area (Å²) in [5, 5.41) is 28.7. The van der Waals surface area contributed by atoms with Crippen LogP contribution in [0.3, 0.4) is 0 Å². The molecule has 0 radical (unpaired) electrons. The van der Waals surface area contributed by atoms with E-state index in [-0.39, 0.29) is 23.2 Å². The van der Waals surface area contributed by atoms with E-state index in [1.54, 1.807) is 6.08 Å². The monoisotopic (exact) mass is 500 g/mol. The van der Waals surface area contributed by atoms with E-state index in [0.717, 1.165) is 43.3 Å². The molecule has 2 fully saturated rings. The van der Waals surface area contributed by atoms with Gasteiger partial charge < -0.3 is 20.1 Å². The SMILES string of the molecule is CC(CCC(=O)C1=CCC(COC2CCC3CCCC3C2)CC1)C1C=CC(C(=O)O)=CC(C(O)O)C1. The van der Waals surface area contributed by atoms with Crippen LogP contribution in [0.4, 0.5) is 0 Å². The number of carboxylic acid groups (broad SMARTS) is 1. The Morgan fingerprint density at radius 1 is 1.06 bits per heavy atom. The molecule has 200 valence electrons. The quantitative estimate of drug-likeness (QED) is 0.356. The van der Waals surface area contributed by atoms with E-state index in [2.05, 4.69) is 13.0 Å². The van der Waals surface area contributed by atoms with Gasteiger partial charge in [-0.3, -0.25) is 4.79 Å². The first-order valence-electron chi connectivity index (χ1n) is 14.1. The third-order valence-corrected chi connectivity index (χ3v) is 9.34. The predicted octanol–water partition coefficient (Wildman–Crippen LogP) is 5.20. The van der Waals surface area contributed by atoms with Gasteiger partial charge in [0.2, 0.25) is 0 Å². The van der Waals surface area contributed by atoms with Crippen LogP contribution >= 0.6 is 0 Å². The maximum Gasteiger partial charge on any atom is 0.335 e. The molecule has 7 unspecified atom stereocenters. The van der Waals surface area contributed by atoms with Gasteiger partial charge >= 0.3 is 5.97 Å². The molecule has 0 saturated heterocycles. The lowest BCUT2D eigenvalue weighted by Crippen LogP contribution is -2.28. The Bertz CT molecular complexity index is 871. The summed E-state index contributed by atoms with van der Waals surface area (Å²) < 4.78 is 6.33. The molecule has 6 heteroatoms. The highest BCUT2D eigenvalue weighted by atomic mass is 16.5. The highest BCUT2D eigenvalue weighted by molar-refractivity contribution is 5.95. The minimum Gasteiger partial charge on any atom is -0.478 e. The molecule has 3 N–H and O–H groups in total. The molecule has 36 heavy (non-hydrogen) atoms. The third kappa shape index (κ3) is 7.17. The van der Waals surface area contributed by atoms with Gasteiger partial charge in [-0.25, -0.2) is 4.79 Å². The molecule has 4 aliphatic carbocycles. The van der Waals surface area contributed by atoms with Crippen LogP contribution in [0.5, 0.6) is 0 Å². The van der Waals surface area contributed by atoms with Gasteiger partial charge in [-0.2, -0.15) is 0 Å². The van der Waals surface area contributed by atoms with Gasteiger partial charge in [0.05, 0.1) is 18.3 Å². The molecule has 4 aliphatic rings. The van der Waals surface area contributed by atoms with E-state index in [9.17, 15) is 24.9 Å². The number of ketones is 1. The number of fused-ring (bicyclic) bond motifs is 1. The van der Waals surface area contributed by atoms with Crippen molar-refractivity contribution in [3.63, 3.8) is 0 Å². The number of Topliss-reactive ketones (excluding diaryl/α,β-unsaturated/α-hetero) is 1. The van der Waals surface area contributed by atoms with Crippen molar-refractivity contribution in [2.75, 3.05) is 6.61 Å². The first-order valence-corrected chi connectivity index (χ1v) is 14.1. The summed E-state index contributed by atoms with van der Waals surface area (Å²) in [4.78, 5) is 24.3. The van der Waals surface area contributed by atoms with Crippen LogP contribution < -0.4 is 0 Å². The number of carbonyl (C=O) groups excluding carboxylic acids is 1. The van der Waals surface area contributed by atoms with Crippen LogP contribution in [0.1, 0.15) is 84.0 Å². The molecule has 0 aromatic rings. The van der Waals surface area contributed by atoms with E-state index < -0.39 is 18.2 Å². The van der Waals surface area contributed by atoms with Crippen molar-refractivity contribution in [2.45, 2.75) is 96.4 Å². The Labute approximate surface area is 215 Å². The predicted molar refractivity (Wildman–Crippen MR) is 138 cm³/mol. The van der Waals surface area contributed by atoms with Gasteiger partial charge in [-0.15, -0.1) is 0 Å². The number of aliphatic hydroxyl groups is 2. The normalized spacial score (nSPS) is 33.4. The van der Waals surface area contributed by atoms with Crippen molar-refractivity contribution in [3.05, 3.63) is 35.5 Å². The highest BCUT2D eigenvalue weighted by Gasteiger charge is 2.34. The Morgan fingerprint density at radius 3 is 2.58 bits per heavy atom. The Hall–Kier alpha value is -1.76. The average Bonchev–Trinajstić information content (AvgIpc) is 3.21. The molecule has 0 aromatic heterocycles. The standard InChI is InChI=1S/C30H44O6/c1-19(23-10-11-25(29(32)33)16-26(15-23)30(34)35)5-14-28(31)22-8-6-20(7-9-22)18-36-27-13-12-21-3-2-4-24(21)17-27/h8,10-11,16,19-21,23-24,26-27,30,34-35H,2-7,9,12-15,17-18H2,1H3,(H,32,33). The first-order chi connectivity index (χ1) is 17.3. The number of hydrogen-bond donors (Lipinski definition) is 3. The minimum absolute atomic E-state index is 0.0149. The maximum absolute atomic E-state index is 12.9. The van der Waals surface area contributed by atoms with Crippen LogP contribution in [-0.4, -0.2) is 46.1 Å². The average molecular weight is 501 g/mol. The zero-order chi connectivity index (χ0) is 25.7. The van der Waals surface area contributed by atoms with Crippen molar-refractivity contribution in [2.24, 2.45) is 35.5 Å². The summed E-state index contributed by atoms with van der Waals surface area (Å²) in [5.74, 6) is 0.977. The number of allylic oxidation sites excluding steroid dienone is 3. The maximum atomic E-state index is 12.9. The number of ether oxygens (including phenoxy) is 1. The molecule has 0 spiro atoms. The van der Waals surface area contributed by atoms with Crippen LogP contribution in [0.15, 0.2) is 35.5 Å². The fourth-order valence-corrected chi connectivity index (χ4v) is 6.86. The van der Waals surface area contributed by atoms with Crippen LogP contribution in [0, 0.1) is 35.5 Å². The molecular formula is C30H44O6. The Kier molecular flexibility index (Phi) is 9.59. The van der Waals surface area contributed by atoms with Crippen LogP contribution in [-0.2, 0) is 14.3 Å². The molecule has 0 heterocycles. The van der Waals surface area contributed by atoms with Crippen molar-refractivity contribution in [1.82, 2.24) is 0 Å². The Morgan fingerprint density at radius 2 is 1.86 bits per heavy atom. The van der Waals surface area contributed by atoms with Crippen LogP contribution in [0.2, 0.25) is 0 Å². The number of aliphatic carboxylic acids is 1. The van der Waals surface area contributed by atoms with E-state index >= 15 is 0 Å². The molecule has 6 nitrogen and oxygen atoms in total. The van der Waals surface area contributed by atoms with Gasteiger partial charge in [-0.05, 0) is 86.5 Å². The summed E-state index contributed by atoms with van der Waals surface area (Å²) in [6.45, 7) is 2.87. The summed E-state index contributed by atoms with van der Waals surface area (Å²) >= 11 is 0. The molecule has 2 saturated carbocycles. The summed E-state index contributed by atoms with van der Waals surface area (Å²) in [5.41, 5.74) is 1.02. The van der Waals surface area contributed by atoms with E-state index in [0.29, 0.717) is 31.3 Å². The van der Waals surface area contributed by atoms with Crippen molar-refractivity contribution in [3.8, 4) is 0 Å². The topological polar surface area (TPSA) is 104 Å². The smallest absolute Gasteiger partial charge is 0.335 e. The van der Waals surface area contributed by atoms with E-state index in [1.165, 1.54) is 44.6 Å². The van der Waals surface area contributed by atoms with E-state index in [4.69, 9.17) is 4.74 Å². The molecule has 0 amide bonds. The Balaban J connectivity index is 1.20. The summed E-state index contributed by atoms with van der Waals surface area (Å²) in [6.07, 6.45) is 18.2. The summed E-state index contributed by atoms with van der Waals surface area (Å²) in [7, 11) is 0. The zero-order valence-electron chi connectivity index (χ0n) is 21.7. The van der Waals surface area contributed by atoms with Gasteiger partial charge in [0.25, 0.3) is 0 Å². The fraction of sp³-hybridized carbons (Fsp3) is 0.733. The van der Waals surface area contributed by atoms with Gasteiger partial charge in [0, 0.05) is 12.3 Å². The van der Waals surface area contributed by atoms with Crippen LogP contribution in [0.25, 0.3) is 0 Å². The lowest BCUT2D eigenvalue weighted by Gasteiger charge is -2.33. The first kappa shape index (κ1) is 27.3. The van der Waals surface area contributed by atoms with Crippen molar-refractivity contribution >= 4 is 11.8 Å². The molecule has 0 aromatic carbocycles. The number of rotatable bonds is 10. The van der Waals surface area contributed by atoms with Gasteiger partial charge in [0.15, 0.2) is 12.1 Å². The lowest BCUT2D eigenvalue weighted by molar-refractivity contribution is -0.132. The van der Waals surface area contributed by atoms with Crippen molar-refractivity contribution in [1.29, 1.82) is 0 Å². The highest BCUT2D eigenvalue weighted by Crippen LogP contribution is 2.43. The van der Waals surface area contributed by atoms with E-state index in [1.807, 2.05) is 6.08 Å². The third-order valence-electron chi connectivity index (χ3n) is 9.34. The lowest BCUT2D eigenvalue weighted by atomic mass is 9.80. The summed E-state index contributed by atoms with van der Waals surface area (Å²) in [6, 6.07) is 0. The molecule has 7 atom stereocenters. The van der Waals surface area contributed by atoms with Gasteiger partial charge in [-0.1, -0.05) is 50.5 Å². The number of aliphatic hydroxyl groups excluding tert-OH is 1. The zero-order valence-corrected chi connectivity index (χ0v) is 21.7. The molecule has 4 rings (SSSR count). The minimum atomic E-state index is -1.60. The molecular weight excluding hydrogens is 456 g/mol. The fourth-order valence-electron chi connectivity index (χ4n) is 6.86. The van der Waals surface area contributed by atoms with Gasteiger partial charge in [0.1, 0.15) is 0 Å².